The van der Waals surface area contributed by atoms with Gasteiger partial charge in [-0.05, 0) is 80.4 Å². The molecule has 0 unspecified atom stereocenters. The van der Waals surface area contributed by atoms with E-state index in [0.29, 0.717) is 22.1 Å². The predicted molar refractivity (Wildman–Crippen MR) is 121 cm³/mol. The first-order valence-corrected chi connectivity index (χ1v) is 11.3. The number of carbonyl (C=O) groups is 1. The monoisotopic (exact) mass is 459 g/mol. The molecule has 0 fully saturated rings. The molecule has 0 bridgehead atoms. The van der Waals surface area contributed by atoms with Crippen LogP contribution in [0.15, 0.2) is 65.8 Å². The Bertz CT molecular complexity index is 1160. The van der Waals surface area contributed by atoms with Crippen LogP contribution in [0, 0.1) is 13.8 Å². The largest absolute Gasteiger partial charge is 0.481 e. The highest BCUT2D eigenvalue weighted by Gasteiger charge is 2.18. The van der Waals surface area contributed by atoms with E-state index in [-0.39, 0.29) is 10.8 Å². The molecule has 1 heterocycles. The molecule has 0 saturated carbocycles. The quantitative estimate of drug-likeness (QED) is 0.539. The first-order valence-electron chi connectivity index (χ1n) is 9.43. The molecule has 31 heavy (non-hydrogen) atoms. The minimum Gasteiger partial charge on any atom is -0.481 e. The van der Waals surface area contributed by atoms with Crippen LogP contribution in [0.25, 0.3) is 0 Å². The Morgan fingerprint density at radius 1 is 1.06 bits per heavy atom. The summed E-state index contributed by atoms with van der Waals surface area (Å²) in [7, 11) is -3.77. The van der Waals surface area contributed by atoms with Crippen molar-refractivity contribution >= 4 is 38.9 Å². The number of sulfonamides is 1. The van der Waals surface area contributed by atoms with Crippen molar-refractivity contribution in [2.45, 2.75) is 31.8 Å². The number of pyridine rings is 1. The lowest BCUT2D eigenvalue weighted by atomic mass is 10.1. The zero-order valence-corrected chi connectivity index (χ0v) is 18.8. The molecule has 7 nitrogen and oxygen atoms in total. The van der Waals surface area contributed by atoms with Gasteiger partial charge in [-0.2, -0.15) is 0 Å². The Hall–Kier alpha value is -3.10. The molecular weight excluding hydrogens is 438 g/mol. The molecule has 0 aliphatic heterocycles. The second kappa shape index (κ2) is 9.36. The summed E-state index contributed by atoms with van der Waals surface area (Å²) in [6.45, 7) is 5.36. The predicted octanol–water partition coefficient (Wildman–Crippen LogP) is 4.56. The maximum Gasteiger partial charge on any atom is 0.265 e. The van der Waals surface area contributed by atoms with Gasteiger partial charge in [-0.25, -0.2) is 8.42 Å². The van der Waals surface area contributed by atoms with Gasteiger partial charge in [-0.3, -0.25) is 14.5 Å². The highest BCUT2D eigenvalue weighted by atomic mass is 35.5. The van der Waals surface area contributed by atoms with Crippen LogP contribution >= 0.6 is 11.6 Å². The summed E-state index contributed by atoms with van der Waals surface area (Å²) in [6.07, 6.45) is 2.20. The third-order valence-electron chi connectivity index (χ3n) is 4.44. The van der Waals surface area contributed by atoms with Gasteiger partial charge >= 0.3 is 0 Å². The molecule has 2 N–H and O–H groups in total. The molecule has 162 valence electrons. The summed E-state index contributed by atoms with van der Waals surface area (Å²) in [5.74, 6) is 0.180. The van der Waals surface area contributed by atoms with E-state index in [4.69, 9.17) is 16.3 Å². The van der Waals surface area contributed by atoms with Crippen LogP contribution in [0.2, 0.25) is 5.02 Å². The Balaban J connectivity index is 1.64. The maximum atomic E-state index is 12.5. The molecule has 0 aliphatic carbocycles. The number of amides is 1. The minimum atomic E-state index is -3.77. The second-order valence-corrected chi connectivity index (χ2v) is 9.05. The summed E-state index contributed by atoms with van der Waals surface area (Å²) in [5.41, 5.74) is 2.53. The van der Waals surface area contributed by atoms with Crippen LogP contribution < -0.4 is 14.8 Å². The fraction of sp³-hybridized carbons (Fsp3) is 0.182. The topological polar surface area (TPSA) is 97.4 Å². The van der Waals surface area contributed by atoms with Gasteiger partial charge in [0.15, 0.2) is 6.10 Å². The Morgan fingerprint density at radius 3 is 2.29 bits per heavy atom. The van der Waals surface area contributed by atoms with Crippen molar-refractivity contribution in [1.82, 2.24) is 4.98 Å². The summed E-state index contributed by atoms with van der Waals surface area (Å²) in [4.78, 5) is 16.4. The van der Waals surface area contributed by atoms with Gasteiger partial charge < -0.3 is 10.1 Å². The van der Waals surface area contributed by atoms with E-state index < -0.39 is 16.1 Å². The summed E-state index contributed by atoms with van der Waals surface area (Å²) < 4.78 is 33.1. The van der Waals surface area contributed by atoms with Crippen molar-refractivity contribution < 1.29 is 17.9 Å². The van der Waals surface area contributed by atoms with Crippen molar-refractivity contribution in [2.24, 2.45) is 0 Å². The zero-order chi connectivity index (χ0) is 22.6. The first kappa shape index (κ1) is 22.6. The Morgan fingerprint density at radius 2 is 1.71 bits per heavy atom. The summed E-state index contributed by atoms with van der Waals surface area (Å²) in [6, 6.07) is 12.6. The molecule has 1 atom stereocenters. The molecule has 3 aromatic rings. The number of nitrogens with one attached hydrogen (secondary N) is 2. The minimum absolute atomic E-state index is 0.0609. The van der Waals surface area contributed by atoms with Crippen molar-refractivity contribution in [3.63, 3.8) is 0 Å². The van der Waals surface area contributed by atoms with Crippen molar-refractivity contribution in [3.05, 3.63) is 77.1 Å². The average Bonchev–Trinajstić information content (AvgIpc) is 2.72. The molecule has 0 saturated heterocycles. The lowest BCUT2D eigenvalue weighted by molar-refractivity contribution is -0.122. The Labute approximate surface area is 186 Å². The molecule has 2 aromatic carbocycles. The van der Waals surface area contributed by atoms with Crippen molar-refractivity contribution in [3.8, 4) is 5.75 Å². The fourth-order valence-electron chi connectivity index (χ4n) is 2.83. The Kier molecular flexibility index (Phi) is 6.82. The standard InChI is InChI=1S/C22H22ClN3O4S/c1-14-11-19(12-15(2)21(14)23)30-16(3)22(27)25-17-6-8-20(9-7-17)31(28,29)26-18-5-4-10-24-13-18/h4-13,16,26H,1-3H3,(H,25,27)/t16-/m1/s1. The second-order valence-electron chi connectivity index (χ2n) is 6.99. The number of hydrogen-bond acceptors (Lipinski definition) is 5. The third kappa shape index (κ3) is 5.74. The number of halogens is 1. The molecule has 0 aliphatic rings. The maximum absolute atomic E-state index is 12.5. The van der Waals surface area contributed by atoms with Crippen LogP contribution in [0.3, 0.4) is 0 Å². The molecular formula is C22H22ClN3O4S. The van der Waals surface area contributed by atoms with Crippen molar-refractivity contribution in [1.29, 1.82) is 0 Å². The molecule has 9 heteroatoms. The number of hydrogen-bond donors (Lipinski definition) is 2. The molecule has 1 amide bonds. The van der Waals surface area contributed by atoms with Crippen LogP contribution in [-0.2, 0) is 14.8 Å². The summed E-state index contributed by atoms with van der Waals surface area (Å²) >= 11 is 6.16. The lowest BCUT2D eigenvalue weighted by Crippen LogP contribution is -2.30. The van der Waals surface area contributed by atoms with E-state index in [0.717, 1.165) is 11.1 Å². The van der Waals surface area contributed by atoms with E-state index >= 15 is 0 Å². The van der Waals surface area contributed by atoms with Gasteiger partial charge in [0.1, 0.15) is 5.75 Å². The van der Waals surface area contributed by atoms with Gasteiger partial charge in [0, 0.05) is 16.9 Å². The number of aromatic nitrogens is 1. The van der Waals surface area contributed by atoms with Gasteiger partial charge in [-0.15, -0.1) is 0 Å². The van der Waals surface area contributed by atoms with Gasteiger partial charge in [0.2, 0.25) is 0 Å². The van der Waals surface area contributed by atoms with E-state index in [1.807, 2.05) is 13.8 Å². The number of benzene rings is 2. The normalized spacial score (nSPS) is 12.1. The van der Waals surface area contributed by atoms with E-state index in [1.165, 1.54) is 30.5 Å². The van der Waals surface area contributed by atoms with Crippen LogP contribution in [-0.4, -0.2) is 25.4 Å². The van der Waals surface area contributed by atoms with Crippen LogP contribution in [0.5, 0.6) is 5.75 Å². The van der Waals surface area contributed by atoms with Crippen LogP contribution in [0.1, 0.15) is 18.1 Å². The SMILES string of the molecule is Cc1cc(O[C@H](C)C(=O)Nc2ccc(S(=O)(=O)Nc3cccnc3)cc2)cc(C)c1Cl. The van der Waals surface area contributed by atoms with Gasteiger partial charge in [-0.1, -0.05) is 11.6 Å². The number of nitrogens with zero attached hydrogens (tertiary/aromatic N) is 1. The fourth-order valence-corrected chi connectivity index (χ4v) is 3.98. The number of anilines is 2. The van der Waals surface area contributed by atoms with E-state index in [1.54, 1.807) is 37.4 Å². The van der Waals surface area contributed by atoms with Gasteiger partial charge in [0.25, 0.3) is 15.9 Å². The average molecular weight is 460 g/mol. The third-order valence-corrected chi connectivity index (χ3v) is 6.43. The number of carbonyl (C=O) groups excluding carboxylic acids is 1. The van der Waals surface area contributed by atoms with Gasteiger partial charge in [0.05, 0.1) is 16.8 Å². The highest BCUT2D eigenvalue weighted by Crippen LogP contribution is 2.26. The molecule has 1 aromatic heterocycles. The first-order chi connectivity index (χ1) is 14.7. The molecule has 0 radical (unpaired) electrons. The van der Waals surface area contributed by atoms with Crippen molar-refractivity contribution in [2.75, 3.05) is 10.0 Å². The van der Waals surface area contributed by atoms with E-state index in [9.17, 15) is 13.2 Å². The highest BCUT2D eigenvalue weighted by molar-refractivity contribution is 7.92. The smallest absolute Gasteiger partial charge is 0.265 e. The lowest BCUT2D eigenvalue weighted by Gasteiger charge is -2.16. The molecule has 0 spiro atoms. The number of ether oxygens (including phenoxy) is 1. The molecule has 3 rings (SSSR count). The van der Waals surface area contributed by atoms with Crippen LogP contribution in [0.4, 0.5) is 11.4 Å². The number of rotatable bonds is 7. The zero-order valence-electron chi connectivity index (χ0n) is 17.2. The van der Waals surface area contributed by atoms with E-state index in [2.05, 4.69) is 15.0 Å². The number of aryl methyl sites for hydroxylation is 2. The summed E-state index contributed by atoms with van der Waals surface area (Å²) in [5, 5.41) is 3.38.